The van der Waals surface area contributed by atoms with E-state index in [0.29, 0.717) is 0 Å². The van der Waals surface area contributed by atoms with Gasteiger partial charge < -0.3 is 4.23 Å². The summed E-state index contributed by atoms with van der Waals surface area (Å²) in [6.45, 7) is 24.5. The fourth-order valence-corrected chi connectivity index (χ4v) is 15.8. The second-order valence-electron chi connectivity index (χ2n) is 7.43. The lowest BCUT2D eigenvalue weighted by Gasteiger charge is -2.51. The third-order valence-corrected chi connectivity index (χ3v) is 16.5. The quantitative estimate of drug-likeness (QED) is 0.150. The molecule has 0 spiro atoms. The molecule has 0 aromatic heterocycles. The number of allylic oxidation sites excluding steroid dienone is 6. The van der Waals surface area contributed by atoms with Crippen molar-refractivity contribution < 1.29 is 0 Å². The van der Waals surface area contributed by atoms with E-state index in [9.17, 15) is 0 Å². The first kappa shape index (κ1) is 24.7. The van der Waals surface area contributed by atoms with Crippen LogP contribution in [0.1, 0.15) is 5.56 Å². The molecule has 0 saturated carbocycles. The molecule has 0 N–H and O–H groups in total. The summed E-state index contributed by atoms with van der Waals surface area (Å²) in [5, 5.41) is 0. The molecule has 0 bridgehead atoms. The number of hydrogen-bond acceptors (Lipinski definition) is 1. The van der Waals surface area contributed by atoms with Gasteiger partial charge in [0.15, 0.2) is 16.5 Å². The van der Waals surface area contributed by atoms with Crippen LogP contribution in [0.5, 0.6) is 0 Å². The van der Waals surface area contributed by atoms with E-state index in [1.165, 1.54) is 0 Å². The van der Waals surface area contributed by atoms with Crippen LogP contribution in [0.25, 0.3) is 6.08 Å². The minimum Gasteiger partial charge on any atom is -0.421 e. The molecule has 0 aliphatic heterocycles. The van der Waals surface area contributed by atoms with Crippen LogP contribution in [-0.2, 0) is 0 Å². The molecule has 0 fully saturated rings. The Labute approximate surface area is 181 Å². The van der Waals surface area contributed by atoms with Crippen LogP contribution in [0.3, 0.4) is 0 Å². The average molecular weight is 419 g/mol. The molecule has 0 amide bonds. The molecular weight excluding hydrogens is 382 g/mol. The van der Waals surface area contributed by atoms with Gasteiger partial charge >= 0.3 is 0 Å². The summed E-state index contributed by atoms with van der Waals surface area (Å²) in [5.74, 6) is 0. The molecule has 0 heterocycles. The van der Waals surface area contributed by atoms with Crippen LogP contribution in [0.2, 0.25) is 36.3 Å². The Morgan fingerprint density at radius 1 is 0.621 bits per heavy atom. The van der Waals surface area contributed by atoms with E-state index in [0.717, 1.165) is 41.8 Å². The first-order valence-corrected chi connectivity index (χ1v) is 15.3. The third-order valence-electron chi connectivity index (χ3n) is 5.25. The van der Waals surface area contributed by atoms with Crippen molar-refractivity contribution in [2.45, 2.75) is 36.3 Å². The van der Waals surface area contributed by atoms with Crippen LogP contribution in [-0.4, -0.2) is 20.7 Å². The summed E-state index contributed by atoms with van der Waals surface area (Å²) >= 11 is 0. The third kappa shape index (κ3) is 6.58. The monoisotopic (exact) mass is 418 g/mol. The standard InChI is InChI=1S/C26H36NSi2/c1-7-20-28(21-8-2,22-9-3)27(19-18-26-16-14-13-15-17-26)29(23-10-4,24-11-5)25-12-6/h7-18H,1-6,20-25H2. The van der Waals surface area contributed by atoms with Crippen molar-refractivity contribution in [2.75, 3.05) is 0 Å². The van der Waals surface area contributed by atoms with E-state index in [1.54, 1.807) is 0 Å². The van der Waals surface area contributed by atoms with Crippen molar-refractivity contribution in [3.8, 4) is 0 Å². The molecule has 1 aromatic rings. The molecule has 29 heavy (non-hydrogen) atoms. The predicted octanol–water partition coefficient (Wildman–Crippen LogP) is 7.77. The highest BCUT2D eigenvalue weighted by atomic mass is 28.4. The zero-order chi connectivity index (χ0) is 21.6. The number of benzene rings is 1. The van der Waals surface area contributed by atoms with Gasteiger partial charge in [0.2, 0.25) is 0 Å². The van der Waals surface area contributed by atoms with Crippen molar-refractivity contribution in [3.05, 3.63) is 118 Å². The Balaban J connectivity index is 3.72. The van der Waals surface area contributed by atoms with Gasteiger partial charge in [0, 0.05) is 6.20 Å². The zero-order valence-electron chi connectivity index (χ0n) is 17.9. The average Bonchev–Trinajstić information content (AvgIpc) is 2.70. The Bertz CT molecular complexity index is 626. The van der Waals surface area contributed by atoms with Crippen LogP contribution >= 0.6 is 0 Å². The SMILES string of the molecule is C=CC[Si](CC=C)(CC=C)N(/[C]=C/c1ccccc1)[Si](CC=C)(CC=C)CC=C. The lowest BCUT2D eigenvalue weighted by molar-refractivity contribution is 0.757. The Morgan fingerprint density at radius 2 is 0.966 bits per heavy atom. The van der Waals surface area contributed by atoms with E-state index in [4.69, 9.17) is 0 Å². The fraction of sp³-hybridized carbons (Fsp3) is 0.231. The maximum atomic E-state index is 4.09. The summed E-state index contributed by atoms with van der Waals surface area (Å²) in [6, 6.07) is 16.1. The summed E-state index contributed by atoms with van der Waals surface area (Å²) in [5.41, 5.74) is 1.15. The smallest absolute Gasteiger partial charge is 0.159 e. The molecule has 1 nitrogen and oxygen atoms in total. The molecule has 1 aromatic carbocycles. The molecule has 0 aliphatic carbocycles. The van der Waals surface area contributed by atoms with Crippen molar-refractivity contribution in [1.82, 2.24) is 4.23 Å². The maximum absolute atomic E-state index is 4.09. The van der Waals surface area contributed by atoms with Crippen LogP contribution < -0.4 is 0 Å². The van der Waals surface area contributed by atoms with Gasteiger partial charge in [0.25, 0.3) is 0 Å². The summed E-state index contributed by atoms with van der Waals surface area (Å²) < 4.78 is 2.64. The lowest BCUT2D eigenvalue weighted by Crippen LogP contribution is -2.64. The van der Waals surface area contributed by atoms with Crippen LogP contribution in [0, 0.1) is 6.20 Å². The van der Waals surface area contributed by atoms with E-state index in [1.807, 2.05) is 6.07 Å². The second kappa shape index (κ2) is 13.0. The van der Waals surface area contributed by atoms with Gasteiger partial charge in [-0.1, -0.05) is 66.8 Å². The molecule has 3 heteroatoms. The highest BCUT2D eigenvalue weighted by Crippen LogP contribution is 2.38. The van der Waals surface area contributed by atoms with Gasteiger partial charge in [-0.2, -0.15) is 0 Å². The van der Waals surface area contributed by atoms with E-state index >= 15 is 0 Å². The van der Waals surface area contributed by atoms with Gasteiger partial charge in [0.05, 0.1) is 0 Å². The van der Waals surface area contributed by atoms with E-state index < -0.39 is 16.5 Å². The topological polar surface area (TPSA) is 3.24 Å². The van der Waals surface area contributed by atoms with Crippen molar-refractivity contribution in [2.24, 2.45) is 0 Å². The highest BCUT2D eigenvalue weighted by Gasteiger charge is 2.46. The predicted molar refractivity (Wildman–Crippen MR) is 138 cm³/mol. The second-order valence-corrected chi connectivity index (χ2v) is 16.1. The molecular formula is C26H36NSi2. The largest absolute Gasteiger partial charge is 0.421 e. The number of rotatable bonds is 16. The summed E-state index contributed by atoms with van der Waals surface area (Å²) in [7, 11) is -4.14. The van der Waals surface area contributed by atoms with Gasteiger partial charge in [-0.15, -0.1) is 39.5 Å². The van der Waals surface area contributed by atoms with E-state index in [2.05, 4.69) is 117 Å². The van der Waals surface area contributed by atoms with Crippen LogP contribution in [0.15, 0.2) is 106 Å². The minimum atomic E-state index is -2.07. The van der Waals surface area contributed by atoms with Gasteiger partial charge in [0.1, 0.15) is 0 Å². The summed E-state index contributed by atoms with van der Waals surface area (Å²) in [4.78, 5) is 0. The molecule has 0 aliphatic rings. The minimum absolute atomic E-state index is 0.959. The molecule has 153 valence electrons. The van der Waals surface area contributed by atoms with Gasteiger partial charge in [-0.3, -0.25) is 0 Å². The van der Waals surface area contributed by atoms with Crippen molar-refractivity contribution >= 4 is 22.5 Å². The Morgan fingerprint density at radius 3 is 1.28 bits per heavy atom. The molecule has 0 atom stereocenters. The number of nitrogens with zero attached hydrogens (tertiary/aromatic N) is 1. The molecule has 0 unspecified atom stereocenters. The maximum Gasteiger partial charge on any atom is 0.159 e. The zero-order valence-corrected chi connectivity index (χ0v) is 19.9. The first-order valence-electron chi connectivity index (χ1n) is 10.2. The Hall–Kier alpha value is -2.37. The van der Waals surface area contributed by atoms with Gasteiger partial charge in [-0.05, 0) is 47.9 Å². The Kier molecular flexibility index (Phi) is 11.0. The van der Waals surface area contributed by atoms with Crippen molar-refractivity contribution in [1.29, 1.82) is 0 Å². The molecule has 1 radical (unpaired) electrons. The van der Waals surface area contributed by atoms with E-state index in [-0.39, 0.29) is 0 Å². The summed E-state index contributed by atoms with van der Waals surface area (Å²) in [6.07, 6.45) is 18.3. The van der Waals surface area contributed by atoms with Crippen molar-refractivity contribution in [3.63, 3.8) is 0 Å². The highest BCUT2D eigenvalue weighted by molar-refractivity contribution is 6.94. The number of hydrogen-bond donors (Lipinski definition) is 0. The molecule has 0 saturated heterocycles. The fourth-order valence-electron chi connectivity index (χ4n) is 4.13. The van der Waals surface area contributed by atoms with Gasteiger partial charge in [-0.25, -0.2) is 0 Å². The first-order chi connectivity index (χ1) is 14.1. The van der Waals surface area contributed by atoms with Crippen LogP contribution in [0.4, 0.5) is 0 Å². The normalized spacial score (nSPS) is 11.6. The molecule has 1 rings (SSSR count). The lowest BCUT2D eigenvalue weighted by atomic mass is 10.2.